The van der Waals surface area contributed by atoms with Gasteiger partial charge in [-0.2, -0.15) is 0 Å². The van der Waals surface area contributed by atoms with Crippen molar-refractivity contribution in [2.45, 2.75) is 13.0 Å². The van der Waals surface area contributed by atoms with Crippen LogP contribution in [0.1, 0.15) is 16.7 Å². The zero-order chi connectivity index (χ0) is 19.5. The van der Waals surface area contributed by atoms with Gasteiger partial charge in [0.1, 0.15) is 12.3 Å². The van der Waals surface area contributed by atoms with Crippen molar-refractivity contribution in [1.82, 2.24) is 9.97 Å². The molecule has 2 aromatic heterocycles. The SMILES string of the molecule is COc1cc(Cc2c[nH]c3ncc(Cl)cc23)ccc1OCc1ccc(Cl)cc1. The van der Waals surface area contributed by atoms with Gasteiger partial charge in [0, 0.05) is 22.8 Å². The van der Waals surface area contributed by atoms with Gasteiger partial charge in [-0.1, -0.05) is 41.4 Å². The lowest BCUT2D eigenvalue weighted by Crippen LogP contribution is -1.98. The first-order valence-corrected chi connectivity index (χ1v) is 9.53. The summed E-state index contributed by atoms with van der Waals surface area (Å²) in [6, 6.07) is 15.5. The van der Waals surface area contributed by atoms with Crippen LogP contribution in [0.5, 0.6) is 11.5 Å². The molecule has 0 saturated heterocycles. The standard InChI is InChI=1S/C22H18Cl2N2O2/c1-27-21-9-15(8-16-11-25-22-19(16)10-18(24)12-26-22)4-7-20(21)28-13-14-2-5-17(23)6-3-14/h2-7,9-12H,8,13H2,1H3,(H,25,26). The minimum atomic E-state index is 0.444. The van der Waals surface area contributed by atoms with Crippen LogP contribution in [0.4, 0.5) is 0 Å². The van der Waals surface area contributed by atoms with Gasteiger partial charge in [-0.15, -0.1) is 0 Å². The molecule has 4 nitrogen and oxygen atoms in total. The lowest BCUT2D eigenvalue weighted by molar-refractivity contribution is 0.284. The summed E-state index contributed by atoms with van der Waals surface area (Å²) in [5.41, 5.74) is 4.10. The number of benzene rings is 2. The van der Waals surface area contributed by atoms with Crippen LogP contribution in [0.15, 0.2) is 60.9 Å². The Bertz CT molecular complexity index is 1110. The van der Waals surface area contributed by atoms with Crippen molar-refractivity contribution in [3.8, 4) is 11.5 Å². The van der Waals surface area contributed by atoms with Gasteiger partial charge in [0.05, 0.1) is 12.1 Å². The Morgan fingerprint density at radius 2 is 1.71 bits per heavy atom. The molecule has 4 aromatic rings. The van der Waals surface area contributed by atoms with Gasteiger partial charge < -0.3 is 14.5 Å². The third kappa shape index (κ3) is 4.08. The first-order valence-electron chi connectivity index (χ1n) is 8.78. The predicted molar refractivity (Wildman–Crippen MR) is 113 cm³/mol. The number of nitrogens with zero attached hydrogens (tertiary/aromatic N) is 1. The van der Waals surface area contributed by atoms with E-state index in [1.807, 2.05) is 54.7 Å². The lowest BCUT2D eigenvalue weighted by Gasteiger charge is -2.12. The number of nitrogens with one attached hydrogen (secondary N) is 1. The maximum atomic E-state index is 6.09. The highest BCUT2D eigenvalue weighted by Crippen LogP contribution is 2.31. The van der Waals surface area contributed by atoms with Crippen molar-refractivity contribution in [1.29, 1.82) is 0 Å². The van der Waals surface area contributed by atoms with Gasteiger partial charge in [-0.3, -0.25) is 0 Å². The summed E-state index contributed by atoms with van der Waals surface area (Å²) >= 11 is 12.0. The summed E-state index contributed by atoms with van der Waals surface area (Å²) < 4.78 is 11.5. The van der Waals surface area contributed by atoms with Crippen molar-refractivity contribution in [3.05, 3.63) is 87.7 Å². The quantitative estimate of drug-likeness (QED) is 0.419. The van der Waals surface area contributed by atoms with E-state index in [2.05, 4.69) is 9.97 Å². The summed E-state index contributed by atoms with van der Waals surface area (Å²) in [5, 5.41) is 2.35. The average Bonchev–Trinajstić information content (AvgIpc) is 3.10. The number of pyridine rings is 1. The second-order valence-corrected chi connectivity index (χ2v) is 7.31. The molecule has 28 heavy (non-hydrogen) atoms. The number of ether oxygens (including phenoxy) is 2. The van der Waals surface area contributed by atoms with Gasteiger partial charge in [0.25, 0.3) is 0 Å². The van der Waals surface area contributed by atoms with Crippen LogP contribution in [0.25, 0.3) is 11.0 Å². The Hall–Kier alpha value is -2.69. The van der Waals surface area contributed by atoms with Gasteiger partial charge >= 0.3 is 0 Å². The van der Waals surface area contributed by atoms with Crippen LogP contribution < -0.4 is 9.47 Å². The Morgan fingerprint density at radius 3 is 2.50 bits per heavy atom. The molecule has 0 aliphatic carbocycles. The van der Waals surface area contributed by atoms with Crippen molar-refractivity contribution < 1.29 is 9.47 Å². The minimum absolute atomic E-state index is 0.444. The molecule has 6 heteroatoms. The first-order chi connectivity index (χ1) is 13.6. The summed E-state index contributed by atoms with van der Waals surface area (Å²) in [6.07, 6.45) is 4.33. The number of methoxy groups -OCH3 is 1. The van der Waals surface area contributed by atoms with Crippen molar-refractivity contribution >= 4 is 34.2 Å². The first kappa shape index (κ1) is 18.7. The molecule has 0 aliphatic rings. The van der Waals surface area contributed by atoms with E-state index in [1.54, 1.807) is 13.3 Å². The van der Waals surface area contributed by atoms with Crippen LogP contribution in [0, 0.1) is 0 Å². The van der Waals surface area contributed by atoms with E-state index in [9.17, 15) is 0 Å². The zero-order valence-corrected chi connectivity index (χ0v) is 16.7. The molecule has 0 fully saturated rings. The molecule has 0 aliphatic heterocycles. The average molecular weight is 413 g/mol. The number of aromatic nitrogens is 2. The van der Waals surface area contributed by atoms with Crippen LogP contribution in [-0.2, 0) is 13.0 Å². The Morgan fingerprint density at radius 1 is 0.929 bits per heavy atom. The number of rotatable bonds is 6. The second kappa shape index (κ2) is 8.13. The van der Waals surface area contributed by atoms with Gasteiger partial charge in [-0.05, 0) is 53.4 Å². The minimum Gasteiger partial charge on any atom is -0.493 e. The maximum absolute atomic E-state index is 6.09. The lowest BCUT2D eigenvalue weighted by atomic mass is 10.0. The Labute approximate surface area is 173 Å². The molecule has 0 saturated carbocycles. The van der Waals surface area contributed by atoms with E-state index in [-0.39, 0.29) is 0 Å². The molecule has 142 valence electrons. The summed E-state index contributed by atoms with van der Waals surface area (Å²) in [7, 11) is 1.64. The number of hydrogen-bond donors (Lipinski definition) is 1. The molecule has 0 bridgehead atoms. The van der Waals surface area contributed by atoms with E-state index >= 15 is 0 Å². The number of aromatic amines is 1. The number of fused-ring (bicyclic) bond motifs is 1. The van der Waals surface area contributed by atoms with Gasteiger partial charge in [-0.25, -0.2) is 4.98 Å². The maximum Gasteiger partial charge on any atom is 0.161 e. The Balaban J connectivity index is 1.52. The fourth-order valence-electron chi connectivity index (χ4n) is 3.08. The second-order valence-electron chi connectivity index (χ2n) is 6.44. The van der Waals surface area contributed by atoms with E-state index in [1.165, 1.54) is 0 Å². The van der Waals surface area contributed by atoms with E-state index in [0.717, 1.165) is 34.1 Å². The van der Waals surface area contributed by atoms with E-state index in [4.69, 9.17) is 32.7 Å². The molecule has 2 aromatic carbocycles. The molecule has 2 heterocycles. The third-order valence-corrected chi connectivity index (χ3v) is 4.97. The summed E-state index contributed by atoms with van der Waals surface area (Å²) in [4.78, 5) is 7.49. The van der Waals surface area contributed by atoms with Crippen LogP contribution in [0.3, 0.4) is 0 Å². The third-order valence-electron chi connectivity index (χ3n) is 4.51. The molecule has 1 N–H and O–H groups in total. The molecule has 0 spiro atoms. The molecule has 0 atom stereocenters. The van der Waals surface area contributed by atoms with Gasteiger partial charge in [0.15, 0.2) is 11.5 Å². The van der Waals surface area contributed by atoms with E-state index < -0.39 is 0 Å². The summed E-state index contributed by atoms with van der Waals surface area (Å²) in [5.74, 6) is 1.40. The molecule has 0 radical (unpaired) electrons. The summed E-state index contributed by atoms with van der Waals surface area (Å²) in [6.45, 7) is 0.444. The highest BCUT2D eigenvalue weighted by atomic mass is 35.5. The fraction of sp³-hybridized carbons (Fsp3) is 0.136. The van der Waals surface area contributed by atoms with Gasteiger partial charge in [0.2, 0.25) is 0 Å². The Kier molecular flexibility index (Phi) is 5.42. The van der Waals surface area contributed by atoms with E-state index in [0.29, 0.717) is 28.2 Å². The zero-order valence-electron chi connectivity index (χ0n) is 15.2. The molecule has 4 rings (SSSR count). The van der Waals surface area contributed by atoms with Crippen molar-refractivity contribution in [3.63, 3.8) is 0 Å². The normalized spacial score (nSPS) is 11.0. The number of halogens is 2. The smallest absolute Gasteiger partial charge is 0.161 e. The molecular weight excluding hydrogens is 395 g/mol. The highest BCUT2D eigenvalue weighted by molar-refractivity contribution is 6.31. The number of hydrogen-bond acceptors (Lipinski definition) is 3. The molecule has 0 unspecified atom stereocenters. The topological polar surface area (TPSA) is 47.1 Å². The molecule has 0 amide bonds. The monoisotopic (exact) mass is 412 g/mol. The highest BCUT2D eigenvalue weighted by Gasteiger charge is 2.10. The van der Waals surface area contributed by atoms with Crippen molar-refractivity contribution in [2.24, 2.45) is 0 Å². The van der Waals surface area contributed by atoms with Crippen LogP contribution in [-0.4, -0.2) is 17.1 Å². The fourth-order valence-corrected chi connectivity index (χ4v) is 3.37. The predicted octanol–water partition coefficient (Wildman–Crippen LogP) is 6.05. The largest absolute Gasteiger partial charge is 0.493 e. The van der Waals surface area contributed by atoms with Crippen molar-refractivity contribution in [2.75, 3.05) is 7.11 Å². The molecular formula is C22H18Cl2N2O2. The van der Waals surface area contributed by atoms with Crippen LogP contribution in [0.2, 0.25) is 10.0 Å². The van der Waals surface area contributed by atoms with Crippen LogP contribution >= 0.6 is 23.2 Å². The number of H-pyrrole nitrogens is 1.